The van der Waals surface area contributed by atoms with E-state index in [0.29, 0.717) is 22.9 Å². The Morgan fingerprint density at radius 2 is 2.09 bits per heavy atom. The average Bonchev–Trinajstić information content (AvgIpc) is 3.14. The van der Waals surface area contributed by atoms with Crippen LogP contribution in [0.25, 0.3) is 21.8 Å². The summed E-state index contributed by atoms with van der Waals surface area (Å²) in [5.41, 5.74) is 1.49. The number of aromatic nitrogens is 4. The van der Waals surface area contributed by atoms with Crippen molar-refractivity contribution in [2.45, 2.75) is 6.92 Å². The van der Waals surface area contributed by atoms with Gasteiger partial charge in [-0.25, -0.2) is 13.9 Å². The molecule has 0 N–H and O–H groups in total. The van der Waals surface area contributed by atoms with Gasteiger partial charge in [-0.15, -0.1) is 16.4 Å². The van der Waals surface area contributed by atoms with E-state index in [0.717, 1.165) is 10.4 Å². The van der Waals surface area contributed by atoms with Crippen molar-refractivity contribution in [2.24, 2.45) is 7.05 Å². The first-order chi connectivity index (χ1) is 11.1. The minimum Gasteiger partial charge on any atom is -0.462 e. The van der Waals surface area contributed by atoms with Gasteiger partial charge in [0, 0.05) is 17.5 Å². The van der Waals surface area contributed by atoms with Crippen LogP contribution in [0, 0.1) is 5.82 Å². The molecule has 0 spiro atoms. The standard InChI is InChI=1S/C15H13FN4O2S/c1-3-22-15(21)12-8-11(14-17-18-19-20(14)2)13(23-12)9-4-6-10(16)7-5-9/h4-8H,3H2,1-2H3. The molecule has 0 aliphatic rings. The third-order valence-corrected chi connectivity index (χ3v) is 4.34. The molecule has 2 aromatic heterocycles. The van der Waals surface area contributed by atoms with Gasteiger partial charge in [0.15, 0.2) is 5.82 Å². The number of aryl methyl sites for hydroxylation is 1. The number of hydrogen-bond donors (Lipinski definition) is 0. The molecule has 0 aliphatic carbocycles. The SMILES string of the molecule is CCOC(=O)c1cc(-c2nnnn2C)c(-c2ccc(F)cc2)s1. The number of ether oxygens (including phenoxy) is 1. The fourth-order valence-electron chi connectivity index (χ4n) is 2.13. The van der Waals surface area contributed by atoms with Crippen molar-refractivity contribution in [3.63, 3.8) is 0 Å². The first-order valence-corrected chi connectivity index (χ1v) is 7.71. The second-order valence-electron chi connectivity index (χ2n) is 4.71. The van der Waals surface area contributed by atoms with E-state index in [1.54, 1.807) is 32.2 Å². The third-order valence-electron chi connectivity index (χ3n) is 3.18. The molecule has 0 saturated carbocycles. The van der Waals surface area contributed by atoms with Gasteiger partial charge < -0.3 is 4.74 Å². The maximum Gasteiger partial charge on any atom is 0.348 e. The maximum atomic E-state index is 13.2. The molecule has 8 heteroatoms. The van der Waals surface area contributed by atoms with Gasteiger partial charge in [0.2, 0.25) is 0 Å². The van der Waals surface area contributed by atoms with Crippen molar-refractivity contribution in [1.29, 1.82) is 0 Å². The van der Waals surface area contributed by atoms with Gasteiger partial charge in [0.25, 0.3) is 0 Å². The van der Waals surface area contributed by atoms with Crippen LogP contribution in [0.2, 0.25) is 0 Å². The van der Waals surface area contributed by atoms with E-state index in [1.165, 1.54) is 28.2 Å². The lowest BCUT2D eigenvalue weighted by Gasteiger charge is -2.02. The number of tetrazole rings is 1. The van der Waals surface area contributed by atoms with Crippen LogP contribution in [0.15, 0.2) is 30.3 Å². The second-order valence-corrected chi connectivity index (χ2v) is 5.76. The summed E-state index contributed by atoms with van der Waals surface area (Å²) >= 11 is 1.27. The number of nitrogens with zero attached hydrogens (tertiary/aromatic N) is 4. The maximum absolute atomic E-state index is 13.2. The lowest BCUT2D eigenvalue weighted by atomic mass is 10.1. The van der Waals surface area contributed by atoms with Gasteiger partial charge >= 0.3 is 5.97 Å². The lowest BCUT2D eigenvalue weighted by molar-refractivity contribution is 0.0532. The molecule has 0 unspecified atom stereocenters. The Kier molecular flexibility index (Phi) is 4.16. The summed E-state index contributed by atoms with van der Waals surface area (Å²) in [5.74, 6) is -0.198. The van der Waals surface area contributed by atoms with Crippen LogP contribution in [0.3, 0.4) is 0 Å². The first-order valence-electron chi connectivity index (χ1n) is 6.89. The quantitative estimate of drug-likeness (QED) is 0.687. The molecule has 0 atom stereocenters. The highest BCUT2D eigenvalue weighted by Gasteiger charge is 2.21. The Labute approximate surface area is 135 Å². The number of carbonyl (C=O) groups is 1. The lowest BCUT2D eigenvalue weighted by Crippen LogP contribution is -2.01. The molecule has 0 aliphatic heterocycles. The normalized spacial score (nSPS) is 10.7. The number of carbonyl (C=O) groups excluding carboxylic acids is 1. The summed E-state index contributed by atoms with van der Waals surface area (Å²) in [6.07, 6.45) is 0. The van der Waals surface area contributed by atoms with Crippen molar-refractivity contribution in [2.75, 3.05) is 6.61 Å². The molecule has 0 saturated heterocycles. The van der Waals surface area contributed by atoms with Gasteiger partial charge in [-0.2, -0.15) is 0 Å². The van der Waals surface area contributed by atoms with Crippen molar-refractivity contribution >= 4 is 17.3 Å². The molecule has 23 heavy (non-hydrogen) atoms. The minimum absolute atomic E-state index is 0.295. The van der Waals surface area contributed by atoms with Crippen LogP contribution in [0.4, 0.5) is 4.39 Å². The van der Waals surface area contributed by atoms with Crippen molar-refractivity contribution in [3.05, 3.63) is 41.0 Å². The van der Waals surface area contributed by atoms with Crippen molar-refractivity contribution < 1.29 is 13.9 Å². The molecule has 0 fully saturated rings. The number of esters is 1. The van der Waals surface area contributed by atoms with Crippen molar-refractivity contribution in [3.8, 4) is 21.8 Å². The number of hydrogen-bond acceptors (Lipinski definition) is 6. The Morgan fingerprint density at radius 1 is 1.35 bits per heavy atom. The summed E-state index contributed by atoms with van der Waals surface area (Å²) in [5, 5.41) is 11.4. The minimum atomic E-state index is -0.401. The zero-order valence-electron chi connectivity index (χ0n) is 12.5. The topological polar surface area (TPSA) is 69.9 Å². The Bertz CT molecular complexity index is 842. The number of rotatable bonds is 4. The summed E-state index contributed by atoms with van der Waals surface area (Å²) in [6, 6.07) is 7.76. The predicted molar refractivity (Wildman–Crippen MR) is 83.5 cm³/mol. The zero-order valence-corrected chi connectivity index (χ0v) is 13.3. The molecule has 0 radical (unpaired) electrons. The fourth-order valence-corrected chi connectivity index (χ4v) is 3.19. The summed E-state index contributed by atoms with van der Waals surface area (Å²) in [7, 11) is 1.71. The van der Waals surface area contributed by atoms with E-state index < -0.39 is 5.97 Å². The molecule has 3 rings (SSSR count). The Balaban J connectivity index is 2.14. The van der Waals surface area contributed by atoms with E-state index in [-0.39, 0.29) is 5.82 Å². The van der Waals surface area contributed by atoms with E-state index in [1.807, 2.05) is 0 Å². The van der Waals surface area contributed by atoms with E-state index >= 15 is 0 Å². The molecule has 118 valence electrons. The van der Waals surface area contributed by atoms with Gasteiger partial charge in [0.05, 0.1) is 6.61 Å². The largest absolute Gasteiger partial charge is 0.462 e. The molecular formula is C15H13FN4O2S. The number of benzene rings is 1. The molecule has 6 nitrogen and oxygen atoms in total. The monoisotopic (exact) mass is 332 g/mol. The average molecular weight is 332 g/mol. The molecule has 1 aromatic carbocycles. The summed E-state index contributed by atoms with van der Waals surface area (Å²) in [6.45, 7) is 2.04. The second kappa shape index (κ2) is 6.25. The highest BCUT2D eigenvalue weighted by atomic mass is 32.1. The van der Waals surface area contributed by atoms with E-state index in [2.05, 4.69) is 15.5 Å². The smallest absolute Gasteiger partial charge is 0.348 e. The summed E-state index contributed by atoms with van der Waals surface area (Å²) in [4.78, 5) is 13.3. The predicted octanol–water partition coefficient (Wildman–Crippen LogP) is 2.92. The number of halogens is 1. The number of thiophene rings is 1. The first kappa shape index (κ1) is 15.3. The van der Waals surface area contributed by atoms with E-state index in [9.17, 15) is 9.18 Å². The van der Waals surface area contributed by atoms with Crippen LogP contribution in [0.1, 0.15) is 16.6 Å². The van der Waals surface area contributed by atoms with E-state index in [4.69, 9.17) is 4.74 Å². The molecular weight excluding hydrogens is 319 g/mol. The van der Waals surface area contributed by atoms with Crippen LogP contribution in [-0.4, -0.2) is 32.8 Å². The van der Waals surface area contributed by atoms with Gasteiger partial charge in [-0.1, -0.05) is 12.1 Å². The van der Waals surface area contributed by atoms with Gasteiger partial charge in [-0.3, -0.25) is 0 Å². The highest BCUT2D eigenvalue weighted by Crippen LogP contribution is 2.38. The van der Waals surface area contributed by atoms with Crippen LogP contribution >= 0.6 is 11.3 Å². The Hall–Kier alpha value is -2.61. The van der Waals surface area contributed by atoms with Gasteiger partial charge in [-0.05, 0) is 41.1 Å². The molecule has 0 bridgehead atoms. The van der Waals surface area contributed by atoms with Crippen LogP contribution in [-0.2, 0) is 11.8 Å². The molecule has 0 amide bonds. The molecule has 2 heterocycles. The van der Waals surface area contributed by atoms with Crippen LogP contribution in [0.5, 0.6) is 0 Å². The molecule has 3 aromatic rings. The van der Waals surface area contributed by atoms with Crippen molar-refractivity contribution in [1.82, 2.24) is 20.2 Å². The fraction of sp³-hybridized carbons (Fsp3) is 0.200. The van der Waals surface area contributed by atoms with Crippen LogP contribution < -0.4 is 0 Å². The highest BCUT2D eigenvalue weighted by molar-refractivity contribution is 7.18. The van der Waals surface area contributed by atoms with Gasteiger partial charge in [0.1, 0.15) is 10.7 Å². The Morgan fingerprint density at radius 3 is 2.70 bits per heavy atom. The third kappa shape index (κ3) is 2.98. The summed E-state index contributed by atoms with van der Waals surface area (Å²) < 4.78 is 19.7. The zero-order chi connectivity index (χ0) is 16.4.